The molecule has 2 nitrogen and oxygen atoms in total. The van der Waals surface area contributed by atoms with Crippen molar-refractivity contribution in [2.24, 2.45) is 0 Å². The number of hydrogen-bond acceptors (Lipinski definition) is 3. The van der Waals surface area contributed by atoms with Crippen LogP contribution in [0, 0.1) is 0 Å². The van der Waals surface area contributed by atoms with E-state index in [1.54, 1.807) is 12.1 Å². The average molecular weight is 1010 g/mol. The average Bonchev–Trinajstić information content (AvgIpc) is 3.68. The summed E-state index contributed by atoms with van der Waals surface area (Å²) < 4.78 is 45.5. The number of fused-ring (bicyclic) bond motifs is 8. The van der Waals surface area contributed by atoms with Crippen LogP contribution in [0.2, 0.25) is 0 Å². The quantitative estimate of drug-likeness (QED) is 0.163. The number of halogens is 3. The molecule has 2 aliphatic heterocycles. The third kappa shape index (κ3) is 8.01. The van der Waals surface area contributed by atoms with Gasteiger partial charge in [0.05, 0.1) is 16.9 Å². The summed E-state index contributed by atoms with van der Waals surface area (Å²) in [6.07, 6.45) is -0.000699. The molecule has 0 bridgehead atoms. The molecule has 0 saturated carbocycles. The Hall–Kier alpha value is -5.27. The summed E-state index contributed by atoms with van der Waals surface area (Å²) in [6.45, 7) is 39.8. The predicted molar refractivity (Wildman–Crippen MR) is 313 cm³/mol. The van der Waals surface area contributed by atoms with Gasteiger partial charge in [-0.25, -0.2) is 0 Å². The fourth-order valence-corrected chi connectivity index (χ4v) is 14.3. The van der Waals surface area contributed by atoms with Crippen LogP contribution in [-0.2, 0) is 44.1 Å². The molecule has 0 unspecified atom stereocenters. The minimum absolute atomic E-state index is 0.0203. The molecule has 3 heterocycles. The summed E-state index contributed by atoms with van der Waals surface area (Å²) in [6, 6.07) is 37.2. The zero-order chi connectivity index (χ0) is 53.4. The van der Waals surface area contributed by atoms with Crippen molar-refractivity contribution in [2.75, 3.05) is 9.80 Å². The highest BCUT2D eigenvalue weighted by Gasteiger charge is 2.49. The van der Waals surface area contributed by atoms with Crippen LogP contribution in [0.3, 0.4) is 0 Å². The number of rotatable bonds is 3. The van der Waals surface area contributed by atoms with Crippen LogP contribution in [0.1, 0.15) is 188 Å². The second-order valence-electron chi connectivity index (χ2n) is 28.3. The van der Waals surface area contributed by atoms with E-state index < -0.39 is 11.7 Å². The van der Waals surface area contributed by atoms with Gasteiger partial charge in [-0.15, -0.1) is 11.3 Å². The summed E-state index contributed by atoms with van der Waals surface area (Å²) in [5.74, 6) is 0. The van der Waals surface area contributed by atoms with Crippen molar-refractivity contribution < 1.29 is 13.2 Å². The number of benzene rings is 6. The minimum atomic E-state index is -4.45. The number of nitrogens with zero attached hydrogens (tertiary/aromatic N) is 2. The highest BCUT2D eigenvalue weighted by atomic mass is 32.1. The summed E-state index contributed by atoms with van der Waals surface area (Å²) >= 11 is 1.98. The van der Waals surface area contributed by atoms with Gasteiger partial charge in [0.25, 0.3) is 6.71 Å². The lowest BCUT2D eigenvalue weighted by Crippen LogP contribution is -2.61. The normalized spacial score (nSPS) is 18.4. The van der Waals surface area contributed by atoms with Gasteiger partial charge < -0.3 is 9.80 Å². The number of hydrogen-bond donors (Lipinski definition) is 0. The predicted octanol–water partition coefficient (Wildman–Crippen LogP) is 18.3. The molecule has 0 atom stereocenters. The van der Waals surface area contributed by atoms with Gasteiger partial charge in [-0.05, 0) is 186 Å². The van der Waals surface area contributed by atoms with Crippen LogP contribution in [0.15, 0.2) is 103 Å². The smallest absolute Gasteiger partial charge is 0.311 e. The Labute approximate surface area is 444 Å². The van der Waals surface area contributed by atoms with E-state index in [-0.39, 0.29) is 44.6 Å². The summed E-state index contributed by atoms with van der Waals surface area (Å²) in [5.41, 5.74) is 19.2. The maximum atomic E-state index is 14.3. The van der Waals surface area contributed by atoms with Crippen molar-refractivity contribution in [2.45, 2.75) is 187 Å². The molecule has 6 aromatic carbocycles. The molecule has 0 amide bonds. The molecule has 7 heteroatoms. The van der Waals surface area contributed by atoms with E-state index in [4.69, 9.17) is 0 Å². The van der Waals surface area contributed by atoms with Gasteiger partial charge in [-0.2, -0.15) is 13.2 Å². The molecular formula is C67H76BF3N2S. The zero-order valence-electron chi connectivity index (χ0n) is 47.2. The first-order valence-corrected chi connectivity index (χ1v) is 28.0. The number of alkyl halides is 3. The van der Waals surface area contributed by atoms with Gasteiger partial charge in [-0.1, -0.05) is 154 Å². The summed E-state index contributed by atoms with van der Waals surface area (Å²) in [7, 11) is 0. The van der Waals surface area contributed by atoms with Gasteiger partial charge >= 0.3 is 6.18 Å². The highest BCUT2D eigenvalue weighted by Crippen LogP contribution is 2.56. The van der Waals surface area contributed by atoms with E-state index in [2.05, 4.69) is 206 Å². The van der Waals surface area contributed by atoms with Crippen molar-refractivity contribution in [1.29, 1.82) is 0 Å². The standard InChI is InChI=1S/C67H76BF3N2S/c1-60(2,3)40-22-25-44(26-23-40)72-54-33-43(62(7,8)9)34-55-57(54)68(59-58(72)46-35-47-50(38-56(46)74-59)66(16,17)31-28-63(47,10)11)51-36-48-49(65(14,15)30-29-64(48,12)13)37-53(51)73(55)52-27-24-42(61(4,5)6)32-45(52)39-18-20-41(21-19-39)67(69,70)71/h18-27,32-38H,28-31H2,1-17H3. The Kier molecular flexibility index (Phi) is 11.1. The van der Waals surface area contributed by atoms with Gasteiger partial charge in [0.1, 0.15) is 0 Å². The SMILES string of the molecule is CC(C)(C)c1ccc(N2c3cc(C(C)(C)C)cc4c3B(c3cc5c(cc3N4c3ccc(C(C)(C)C)cc3-c3ccc(C(F)(F)F)cc3)C(C)(C)CCC5(C)C)c3sc4cc5c(cc4c32)C(C)(C)CCC5(C)C)cc1. The second kappa shape index (κ2) is 16.1. The molecule has 0 N–H and O–H groups in total. The lowest BCUT2D eigenvalue weighted by atomic mass is 9.35. The molecule has 0 radical (unpaired) electrons. The summed E-state index contributed by atoms with van der Waals surface area (Å²) in [5, 5.41) is 1.31. The van der Waals surface area contributed by atoms with Gasteiger partial charge in [0, 0.05) is 43.2 Å². The van der Waals surface area contributed by atoms with Crippen molar-refractivity contribution in [3.05, 3.63) is 148 Å². The van der Waals surface area contributed by atoms with Crippen molar-refractivity contribution in [1.82, 2.24) is 0 Å². The first kappa shape index (κ1) is 50.9. The van der Waals surface area contributed by atoms with E-state index in [1.807, 2.05) is 11.3 Å². The maximum absolute atomic E-state index is 14.3. The van der Waals surface area contributed by atoms with Crippen LogP contribution >= 0.6 is 11.3 Å². The van der Waals surface area contributed by atoms with Gasteiger partial charge in [-0.3, -0.25) is 0 Å². The van der Waals surface area contributed by atoms with Crippen LogP contribution in [0.25, 0.3) is 21.2 Å². The van der Waals surface area contributed by atoms with E-state index >= 15 is 0 Å². The number of thiophene rings is 1. The Bertz CT molecular complexity index is 3440. The molecular weight excluding hydrogens is 933 g/mol. The fourth-order valence-electron chi connectivity index (χ4n) is 12.9. The molecule has 4 aliphatic rings. The first-order valence-electron chi connectivity index (χ1n) is 27.2. The van der Waals surface area contributed by atoms with E-state index in [1.165, 1.54) is 82.7 Å². The molecule has 1 aromatic heterocycles. The molecule has 74 heavy (non-hydrogen) atoms. The highest BCUT2D eigenvalue weighted by molar-refractivity contribution is 7.33. The lowest BCUT2D eigenvalue weighted by molar-refractivity contribution is -0.137. The van der Waals surface area contributed by atoms with E-state index in [9.17, 15) is 13.2 Å². The zero-order valence-corrected chi connectivity index (χ0v) is 48.0. The Morgan fingerprint density at radius 1 is 0.459 bits per heavy atom. The van der Waals surface area contributed by atoms with Gasteiger partial charge in [0.2, 0.25) is 0 Å². The topological polar surface area (TPSA) is 6.48 Å². The molecule has 0 fully saturated rings. The van der Waals surface area contributed by atoms with Crippen molar-refractivity contribution in [3.8, 4) is 11.1 Å². The molecule has 0 saturated heterocycles. The lowest BCUT2D eigenvalue weighted by Gasteiger charge is -2.47. The number of anilines is 6. The Balaban J connectivity index is 1.31. The monoisotopic (exact) mass is 1010 g/mol. The van der Waals surface area contributed by atoms with Crippen LogP contribution < -0.4 is 25.5 Å². The van der Waals surface area contributed by atoms with Crippen LogP contribution in [0.5, 0.6) is 0 Å². The van der Waals surface area contributed by atoms with Crippen LogP contribution in [-0.4, -0.2) is 6.71 Å². The van der Waals surface area contributed by atoms with Crippen LogP contribution in [0.4, 0.5) is 47.3 Å². The largest absolute Gasteiger partial charge is 0.416 e. The molecule has 0 spiro atoms. The van der Waals surface area contributed by atoms with Crippen molar-refractivity contribution >= 4 is 78.0 Å². The molecule has 2 aliphatic carbocycles. The summed E-state index contributed by atoms with van der Waals surface area (Å²) in [4.78, 5) is 5.15. The van der Waals surface area contributed by atoms with Crippen molar-refractivity contribution in [3.63, 3.8) is 0 Å². The molecule has 11 rings (SSSR count). The third-order valence-corrected chi connectivity index (χ3v) is 19.3. The second-order valence-corrected chi connectivity index (χ2v) is 29.4. The first-order chi connectivity index (χ1) is 34.2. The van der Waals surface area contributed by atoms with E-state index in [0.717, 1.165) is 65.1 Å². The fraction of sp³-hybridized carbons (Fsp3) is 0.433. The minimum Gasteiger partial charge on any atom is -0.311 e. The van der Waals surface area contributed by atoms with Gasteiger partial charge in [0.15, 0.2) is 0 Å². The Morgan fingerprint density at radius 3 is 1.46 bits per heavy atom. The maximum Gasteiger partial charge on any atom is 0.416 e. The molecule has 384 valence electrons. The van der Waals surface area contributed by atoms with E-state index in [0.29, 0.717) is 0 Å². The third-order valence-electron chi connectivity index (χ3n) is 18.1. The molecule has 7 aromatic rings. The Morgan fingerprint density at radius 2 is 0.932 bits per heavy atom.